The third kappa shape index (κ3) is 3.61. The minimum Gasteiger partial charge on any atom is -0.301 e. The van der Waals surface area contributed by atoms with Gasteiger partial charge >= 0.3 is 16.4 Å². The van der Waals surface area contributed by atoms with Crippen molar-refractivity contribution >= 4 is 46.0 Å². The summed E-state index contributed by atoms with van der Waals surface area (Å²) in [6.45, 7) is 0. The average Bonchev–Trinajstić information content (AvgIpc) is 2.32. The Labute approximate surface area is 131 Å². The number of halogens is 8. The maximum Gasteiger partial charge on any atom is 0.413 e. The monoisotopic (exact) mass is 392 g/mol. The van der Waals surface area contributed by atoms with E-state index < -0.39 is 49.2 Å². The van der Waals surface area contributed by atoms with E-state index in [2.05, 4.69) is 0 Å². The van der Waals surface area contributed by atoms with E-state index in [-0.39, 0.29) is 5.02 Å². The highest BCUT2D eigenvalue weighted by atomic mass is 35.5. The molecule has 0 fully saturated rings. The smallest absolute Gasteiger partial charge is 0.301 e. The number of benzene rings is 1. The zero-order chi connectivity index (χ0) is 16.6. The Balaban J connectivity index is 3.18. The van der Waals surface area contributed by atoms with Crippen molar-refractivity contribution in [1.29, 1.82) is 0 Å². The van der Waals surface area contributed by atoms with Gasteiger partial charge in [-0.15, -0.1) is 0 Å². The standard InChI is InChI=1S/C9H4Cl2F6O2S2/c10-4-1-2-6(5(11)3-4)20-8(14,15)7(12,13)9(16,17)21(18)19/h1-3H,(H,18,19). The van der Waals surface area contributed by atoms with Crippen LogP contribution >= 0.6 is 35.0 Å². The largest absolute Gasteiger partial charge is 0.413 e. The summed E-state index contributed by atoms with van der Waals surface area (Å²) in [4.78, 5) is -0.648. The molecule has 0 saturated heterocycles. The van der Waals surface area contributed by atoms with Crippen molar-refractivity contribution in [3.63, 3.8) is 0 Å². The predicted octanol–water partition coefficient (Wildman–Crippen LogP) is 5.13. The zero-order valence-electron chi connectivity index (χ0n) is 9.43. The van der Waals surface area contributed by atoms with Gasteiger partial charge < -0.3 is 4.55 Å². The summed E-state index contributed by atoms with van der Waals surface area (Å²) in [6, 6.07) is 2.81. The summed E-state index contributed by atoms with van der Waals surface area (Å²) in [7, 11) is 0. The molecule has 0 aromatic heterocycles. The van der Waals surface area contributed by atoms with Crippen LogP contribution in [0.3, 0.4) is 0 Å². The van der Waals surface area contributed by atoms with E-state index >= 15 is 0 Å². The molecule has 0 bridgehead atoms. The van der Waals surface area contributed by atoms with Crippen LogP contribution in [0.15, 0.2) is 23.1 Å². The lowest BCUT2D eigenvalue weighted by Crippen LogP contribution is -2.54. The first-order valence-electron chi connectivity index (χ1n) is 4.71. The van der Waals surface area contributed by atoms with Crippen LogP contribution in [-0.2, 0) is 11.1 Å². The second-order valence-electron chi connectivity index (χ2n) is 3.53. The lowest BCUT2D eigenvalue weighted by Gasteiger charge is -2.30. The number of hydrogen-bond donors (Lipinski definition) is 1. The molecule has 0 aliphatic rings. The van der Waals surface area contributed by atoms with Crippen LogP contribution in [0.5, 0.6) is 0 Å². The Morgan fingerprint density at radius 2 is 1.62 bits per heavy atom. The maximum absolute atomic E-state index is 13.4. The molecule has 0 spiro atoms. The maximum atomic E-state index is 13.4. The molecule has 120 valence electrons. The van der Waals surface area contributed by atoms with Crippen molar-refractivity contribution in [3.8, 4) is 0 Å². The molecule has 1 aromatic carbocycles. The van der Waals surface area contributed by atoms with Crippen molar-refractivity contribution in [2.24, 2.45) is 0 Å². The van der Waals surface area contributed by atoms with E-state index in [4.69, 9.17) is 27.8 Å². The quantitative estimate of drug-likeness (QED) is 0.428. The lowest BCUT2D eigenvalue weighted by atomic mass is 10.3. The van der Waals surface area contributed by atoms with Crippen LogP contribution in [0.1, 0.15) is 0 Å². The Hall–Kier alpha value is -0.160. The zero-order valence-corrected chi connectivity index (χ0v) is 12.6. The highest BCUT2D eigenvalue weighted by Crippen LogP contribution is 2.55. The first-order valence-corrected chi connectivity index (χ1v) is 7.39. The van der Waals surface area contributed by atoms with Gasteiger partial charge in [0.15, 0.2) is 0 Å². The molecule has 0 saturated carbocycles. The third-order valence-corrected chi connectivity index (χ3v) is 4.53. The molecule has 0 aliphatic carbocycles. The van der Waals surface area contributed by atoms with E-state index in [0.29, 0.717) is 0 Å². The first kappa shape index (κ1) is 18.9. The van der Waals surface area contributed by atoms with E-state index in [1.165, 1.54) is 0 Å². The third-order valence-electron chi connectivity index (χ3n) is 2.08. The van der Waals surface area contributed by atoms with Gasteiger partial charge in [-0.1, -0.05) is 23.2 Å². The van der Waals surface area contributed by atoms with Crippen LogP contribution in [0.4, 0.5) is 26.3 Å². The van der Waals surface area contributed by atoms with Gasteiger partial charge in [-0.25, -0.2) is 4.21 Å². The molecule has 1 N–H and O–H groups in total. The first-order chi connectivity index (χ1) is 9.33. The summed E-state index contributed by atoms with van der Waals surface area (Å²) in [5.74, 6) is -6.09. The fraction of sp³-hybridized carbons (Fsp3) is 0.333. The molecule has 2 nitrogen and oxygen atoms in total. The summed E-state index contributed by atoms with van der Waals surface area (Å²) in [5.41, 5.74) is 0. The van der Waals surface area contributed by atoms with Crippen LogP contribution < -0.4 is 0 Å². The summed E-state index contributed by atoms with van der Waals surface area (Å²) in [6.07, 6.45) is 0. The van der Waals surface area contributed by atoms with Gasteiger partial charge in [-0.05, 0) is 30.0 Å². The SMILES string of the molecule is O=S(O)C(F)(F)C(F)(F)C(F)(F)Sc1ccc(Cl)cc1Cl. The number of rotatable bonds is 5. The predicted molar refractivity (Wildman–Crippen MR) is 67.9 cm³/mol. The summed E-state index contributed by atoms with van der Waals surface area (Å²) < 4.78 is 97.2. The lowest BCUT2D eigenvalue weighted by molar-refractivity contribution is -0.240. The minimum atomic E-state index is -6.09. The van der Waals surface area contributed by atoms with Crippen molar-refractivity contribution < 1.29 is 35.1 Å². The molecular formula is C9H4Cl2F6O2S2. The Kier molecular flexibility index (Phi) is 5.53. The Morgan fingerprint density at radius 3 is 2.05 bits per heavy atom. The second-order valence-corrected chi connectivity index (χ2v) is 6.55. The molecule has 0 aliphatic heterocycles. The molecule has 0 amide bonds. The average molecular weight is 393 g/mol. The molecular weight excluding hydrogens is 389 g/mol. The molecule has 21 heavy (non-hydrogen) atoms. The van der Waals surface area contributed by atoms with Gasteiger partial charge in [-0.2, -0.15) is 26.3 Å². The van der Waals surface area contributed by atoms with Crippen molar-refractivity contribution in [3.05, 3.63) is 28.2 Å². The molecule has 12 heteroatoms. The van der Waals surface area contributed by atoms with Crippen LogP contribution in [0, 0.1) is 0 Å². The van der Waals surface area contributed by atoms with E-state index in [0.717, 1.165) is 18.2 Å². The van der Waals surface area contributed by atoms with E-state index in [1.54, 1.807) is 0 Å². The molecule has 1 aromatic rings. The fourth-order valence-electron chi connectivity index (χ4n) is 1.04. The van der Waals surface area contributed by atoms with Crippen LogP contribution in [0.25, 0.3) is 0 Å². The molecule has 0 radical (unpaired) electrons. The van der Waals surface area contributed by atoms with Crippen LogP contribution in [-0.4, -0.2) is 25.2 Å². The van der Waals surface area contributed by atoms with Gasteiger partial charge in [0.1, 0.15) is 0 Å². The summed E-state index contributed by atoms with van der Waals surface area (Å²) in [5, 5.41) is -11.7. The molecule has 0 heterocycles. The van der Waals surface area contributed by atoms with Gasteiger partial charge in [0.25, 0.3) is 0 Å². The van der Waals surface area contributed by atoms with Gasteiger partial charge in [-0.3, -0.25) is 0 Å². The van der Waals surface area contributed by atoms with Crippen molar-refractivity contribution in [2.75, 3.05) is 0 Å². The minimum absolute atomic E-state index is 0.0150. The highest BCUT2D eigenvalue weighted by Gasteiger charge is 2.75. The molecule has 1 atom stereocenters. The van der Waals surface area contributed by atoms with Crippen molar-refractivity contribution in [1.82, 2.24) is 0 Å². The Bertz CT molecular complexity index is 569. The molecule has 1 unspecified atom stereocenters. The van der Waals surface area contributed by atoms with E-state index in [1.807, 2.05) is 0 Å². The van der Waals surface area contributed by atoms with E-state index in [9.17, 15) is 30.6 Å². The number of alkyl halides is 6. The van der Waals surface area contributed by atoms with Gasteiger partial charge in [0.2, 0.25) is 11.1 Å². The fourth-order valence-corrected chi connectivity index (χ4v) is 2.80. The number of thioether (sulfide) groups is 1. The van der Waals surface area contributed by atoms with Crippen molar-refractivity contribution in [2.45, 2.75) is 21.3 Å². The second kappa shape index (κ2) is 6.15. The number of hydrogen-bond acceptors (Lipinski definition) is 2. The summed E-state index contributed by atoms with van der Waals surface area (Å²) >= 11 is 5.50. The van der Waals surface area contributed by atoms with Gasteiger partial charge in [0.05, 0.1) is 5.02 Å². The Morgan fingerprint density at radius 1 is 1.10 bits per heavy atom. The highest BCUT2D eigenvalue weighted by molar-refractivity contribution is 8.00. The normalized spacial score (nSPS) is 15.1. The van der Waals surface area contributed by atoms with Crippen LogP contribution in [0.2, 0.25) is 10.0 Å². The van der Waals surface area contributed by atoms with Gasteiger partial charge in [0, 0.05) is 9.92 Å². The molecule has 1 rings (SSSR count). The topological polar surface area (TPSA) is 37.3 Å².